The highest BCUT2D eigenvalue weighted by molar-refractivity contribution is 5.39. The fraction of sp³-hybridized carbons (Fsp3) is 0.200. The van der Waals surface area contributed by atoms with Gasteiger partial charge in [0.1, 0.15) is 6.10 Å². The molecule has 0 bridgehead atoms. The molecule has 0 aliphatic carbocycles. The lowest BCUT2D eigenvalue weighted by molar-refractivity contribution is 0.156. The SMILES string of the molecule is Oc1ccccc1O[C@@H](c1ccccc1)[C@@H]1CO1. The van der Waals surface area contributed by atoms with Crippen LogP contribution < -0.4 is 4.74 Å². The molecule has 3 nitrogen and oxygen atoms in total. The Bertz CT molecular complexity index is 520. The van der Waals surface area contributed by atoms with Gasteiger partial charge < -0.3 is 14.6 Å². The van der Waals surface area contributed by atoms with Crippen LogP contribution in [0.1, 0.15) is 11.7 Å². The lowest BCUT2D eigenvalue weighted by Crippen LogP contribution is -2.14. The van der Waals surface area contributed by atoms with Crippen LogP contribution in [0.2, 0.25) is 0 Å². The van der Waals surface area contributed by atoms with Crippen LogP contribution in [-0.2, 0) is 4.74 Å². The van der Waals surface area contributed by atoms with Gasteiger partial charge in [0.05, 0.1) is 6.61 Å². The molecule has 0 radical (unpaired) electrons. The average Bonchev–Trinajstić information content (AvgIpc) is 3.23. The minimum atomic E-state index is -0.167. The van der Waals surface area contributed by atoms with Gasteiger partial charge in [-0.25, -0.2) is 0 Å². The smallest absolute Gasteiger partial charge is 0.162 e. The van der Waals surface area contributed by atoms with Crippen molar-refractivity contribution in [2.24, 2.45) is 0 Å². The van der Waals surface area contributed by atoms with Crippen LogP contribution in [0.25, 0.3) is 0 Å². The van der Waals surface area contributed by atoms with Crippen molar-refractivity contribution in [3.05, 3.63) is 60.2 Å². The van der Waals surface area contributed by atoms with Crippen molar-refractivity contribution in [2.75, 3.05) is 6.61 Å². The minimum Gasteiger partial charge on any atom is -0.504 e. The van der Waals surface area contributed by atoms with Crippen molar-refractivity contribution in [3.8, 4) is 11.5 Å². The van der Waals surface area contributed by atoms with Crippen LogP contribution >= 0.6 is 0 Å². The topological polar surface area (TPSA) is 42.0 Å². The molecule has 2 atom stereocenters. The number of phenols is 1. The Labute approximate surface area is 106 Å². The molecule has 3 heteroatoms. The second-order valence-corrected chi connectivity index (χ2v) is 4.29. The van der Waals surface area contributed by atoms with Gasteiger partial charge >= 0.3 is 0 Å². The van der Waals surface area contributed by atoms with E-state index in [9.17, 15) is 5.11 Å². The summed E-state index contributed by atoms with van der Waals surface area (Å²) in [6.07, 6.45) is -0.0912. The molecule has 1 aliphatic heterocycles. The van der Waals surface area contributed by atoms with Crippen molar-refractivity contribution in [1.82, 2.24) is 0 Å². The Balaban J connectivity index is 1.86. The molecule has 0 amide bonds. The van der Waals surface area contributed by atoms with Gasteiger partial charge in [0.25, 0.3) is 0 Å². The monoisotopic (exact) mass is 242 g/mol. The van der Waals surface area contributed by atoms with Crippen molar-refractivity contribution >= 4 is 0 Å². The lowest BCUT2D eigenvalue weighted by Gasteiger charge is -2.18. The Kier molecular flexibility index (Phi) is 2.90. The molecular formula is C15H14O3. The van der Waals surface area contributed by atoms with E-state index in [1.54, 1.807) is 18.2 Å². The van der Waals surface area contributed by atoms with E-state index < -0.39 is 0 Å². The molecule has 1 aliphatic rings. The van der Waals surface area contributed by atoms with E-state index in [1.807, 2.05) is 36.4 Å². The van der Waals surface area contributed by atoms with Gasteiger partial charge in [0, 0.05) is 0 Å². The maximum absolute atomic E-state index is 9.74. The van der Waals surface area contributed by atoms with Crippen molar-refractivity contribution in [2.45, 2.75) is 12.2 Å². The standard InChI is InChI=1S/C15H14O3/c16-12-8-4-5-9-13(12)18-15(14-10-17-14)11-6-2-1-3-7-11/h1-9,14-16H,10H2/t14-,15-/m0/s1. The summed E-state index contributed by atoms with van der Waals surface area (Å²) in [5.74, 6) is 0.640. The predicted octanol–water partition coefficient (Wildman–Crippen LogP) is 2.91. The first-order valence-electron chi connectivity index (χ1n) is 5.96. The molecule has 0 spiro atoms. The van der Waals surface area contributed by atoms with Gasteiger partial charge in [-0.15, -0.1) is 0 Å². The molecule has 2 aromatic carbocycles. The highest BCUT2D eigenvalue weighted by Crippen LogP contribution is 2.35. The number of hydrogen-bond donors (Lipinski definition) is 1. The van der Waals surface area contributed by atoms with E-state index in [1.165, 1.54) is 0 Å². The zero-order chi connectivity index (χ0) is 12.4. The van der Waals surface area contributed by atoms with E-state index in [0.29, 0.717) is 12.4 Å². The molecule has 0 aromatic heterocycles. The normalized spacial score (nSPS) is 19.2. The third-order valence-electron chi connectivity index (χ3n) is 2.94. The zero-order valence-electron chi connectivity index (χ0n) is 9.82. The first-order chi connectivity index (χ1) is 8.84. The molecule has 1 fully saturated rings. The predicted molar refractivity (Wildman–Crippen MR) is 67.7 cm³/mol. The Morgan fingerprint density at radius 2 is 1.72 bits per heavy atom. The molecule has 1 heterocycles. The molecule has 18 heavy (non-hydrogen) atoms. The number of para-hydroxylation sites is 2. The third kappa shape index (κ3) is 2.31. The van der Waals surface area contributed by atoms with Crippen LogP contribution in [0.15, 0.2) is 54.6 Å². The molecule has 92 valence electrons. The minimum absolute atomic E-state index is 0.0759. The first-order valence-corrected chi connectivity index (χ1v) is 5.96. The molecule has 1 N–H and O–H groups in total. The number of epoxide rings is 1. The molecule has 2 aromatic rings. The van der Waals surface area contributed by atoms with Gasteiger partial charge in [-0.2, -0.15) is 0 Å². The lowest BCUT2D eigenvalue weighted by atomic mass is 10.1. The van der Waals surface area contributed by atoms with E-state index in [0.717, 1.165) is 5.56 Å². The Morgan fingerprint density at radius 3 is 2.39 bits per heavy atom. The number of aromatic hydroxyl groups is 1. The molecule has 3 rings (SSSR count). The van der Waals surface area contributed by atoms with Crippen LogP contribution in [0.3, 0.4) is 0 Å². The van der Waals surface area contributed by atoms with E-state index in [4.69, 9.17) is 9.47 Å². The largest absolute Gasteiger partial charge is 0.504 e. The van der Waals surface area contributed by atoms with E-state index in [2.05, 4.69) is 0 Å². The van der Waals surface area contributed by atoms with Gasteiger partial charge in [-0.05, 0) is 17.7 Å². The molecular weight excluding hydrogens is 228 g/mol. The van der Waals surface area contributed by atoms with Crippen LogP contribution in [0.4, 0.5) is 0 Å². The number of hydrogen-bond acceptors (Lipinski definition) is 3. The number of benzene rings is 2. The van der Waals surface area contributed by atoms with E-state index in [-0.39, 0.29) is 18.0 Å². The maximum Gasteiger partial charge on any atom is 0.162 e. The van der Waals surface area contributed by atoms with Gasteiger partial charge in [0.15, 0.2) is 17.6 Å². The summed E-state index contributed by atoms with van der Waals surface area (Å²) < 4.78 is 11.2. The summed E-state index contributed by atoms with van der Waals surface area (Å²) in [6, 6.07) is 16.9. The Hall–Kier alpha value is -2.00. The fourth-order valence-corrected chi connectivity index (χ4v) is 1.93. The second-order valence-electron chi connectivity index (χ2n) is 4.29. The van der Waals surface area contributed by atoms with Crippen molar-refractivity contribution < 1.29 is 14.6 Å². The van der Waals surface area contributed by atoms with Crippen LogP contribution in [0.5, 0.6) is 11.5 Å². The summed E-state index contributed by atoms with van der Waals surface area (Å²) in [6.45, 7) is 0.702. The number of ether oxygens (including phenoxy) is 2. The average molecular weight is 242 g/mol. The first kappa shape index (κ1) is 11.1. The Morgan fingerprint density at radius 1 is 1.06 bits per heavy atom. The number of phenolic OH excluding ortho intramolecular Hbond substituents is 1. The van der Waals surface area contributed by atoms with Crippen LogP contribution in [-0.4, -0.2) is 17.8 Å². The maximum atomic E-state index is 9.74. The second kappa shape index (κ2) is 4.70. The van der Waals surface area contributed by atoms with Crippen LogP contribution in [0, 0.1) is 0 Å². The highest BCUT2D eigenvalue weighted by atomic mass is 16.6. The third-order valence-corrected chi connectivity index (χ3v) is 2.94. The fourth-order valence-electron chi connectivity index (χ4n) is 1.93. The summed E-state index contributed by atoms with van der Waals surface area (Å²) in [5.41, 5.74) is 1.06. The summed E-state index contributed by atoms with van der Waals surface area (Å²) >= 11 is 0. The number of rotatable bonds is 4. The van der Waals surface area contributed by atoms with Crippen molar-refractivity contribution in [1.29, 1.82) is 0 Å². The van der Waals surface area contributed by atoms with Crippen molar-refractivity contribution in [3.63, 3.8) is 0 Å². The van der Waals surface area contributed by atoms with Gasteiger partial charge in [0.2, 0.25) is 0 Å². The summed E-state index contributed by atoms with van der Waals surface area (Å²) in [7, 11) is 0. The zero-order valence-corrected chi connectivity index (χ0v) is 9.82. The summed E-state index contributed by atoms with van der Waals surface area (Å²) in [5, 5.41) is 9.74. The molecule has 1 saturated heterocycles. The quantitative estimate of drug-likeness (QED) is 0.838. The van der Waals surface area contributed by atoms with Gasteiger partial charge in [-0.3, -0.25) is 0 Å². The molecule has 0 unspecified atom stereocenters. The highest BCUT2D eigenvalue weighted by Gasteiger charge is 2.36. The molecule has 0 saturated carbocycles. The van der Waals surface area contributed by atoms with Gasteiger partial charge in [-0.1, -0.05) is 42.5 Å². The van der Waals surface area contributed by atoms with E-state index >= 15 is 0 Å². The summed E-state index contributed by atoms with van der Waals surface area (Å²) in [4.78, 5) is 0.